The van der Waals surface area contributed by atoms with Crippen LogP contribution in [0.2, 0.25) is 0 Å². The maximum absolute atomic E-state index is 11.6. The fourth-order valence-corrected chi connectivity index (χ4v) is 2.78. The number of rotatable bonds is 4. The second kappa shape index (κ2) is 5.99. The molecule has 26 heavy (non-hydrogen) atoms. The summed E-state index contributed by atoms with van der Waals surface area (Å²) in [4.78, 5) is 26.5. The number of hydrogen-bond donors (Lipinski definition) is 2. The lowest BCUT2D eigenvalue weighted by atomic mass is 10.2. The van der Waals surface area contributed by atoms with Gasteiger partial charge < -0.3 is 15.3 Å². The lowest BCUT2D eigenvalue weighted by Gasteiger charge is -2.14. The summed E-state index contributed by atoms with van der Waals surface area (Å²) in [5.41, 5.74) is 3.07. The van der Waals surface area contributed by atoms with Gasteiger partial charge in [-0.05, 0) is 30.3 Å². The number of anilines is 3. The summed E-state index contributed by atoms with van der Waals surface area (Å²) in [6.45, 7) is 0. The van der Waals surface area contributed by atoms with Crippen molar-refractivity contribution in [1.29, 1.82) is 0 Å². The molecule has 0 atom stereocenters. The Morgan fingerprint density at radius 3 is 2.62 bits per heavy atom. The second-order valence-electron chi connectivity index (χ2n) is 6.00. The third-order valence-corrected chi connectivity index (χ3v) is 4.10. The third kappa shape index (κ3) is 2.57. The number of benzene rings is 1. The highest BCUT2D eigenvalue weighted by atomic mass is 16.4. The molecule has 0 amide bonds. The Kier molecular flexibility index (Phi) is 3.65. The maximum atomic E-state index is 11.6. The quantitative estimate of drug-likeness (QED) is 0.585. The number of aromatic nitrogens is 4. The van der Waals surface area contributed by atoms with E-state index in [2.05, 4.69) is 20.3 Å². The molecule has 1 aromatic carbocycles. The molecule has 8 nitrogen and oxygen atoms in total. The molecule has 4 aromatic rings. The fourth-order valence-electron chi connectivity index (χ4n) is 2.78. The van der Waals surface area contributed by atoms with Gasteiger partial charge >= 0.3 is 5.97 Å². The lowest BCUT2D eigenvalue weighted by Crippen LogP contribution is -2.09. The molecule has 0 saturated heterocycles. The van der Waals surface area contributed by atoms with E-state index in [9.17, 15) is 9.90 Å². The van der Waals surface area contributed by atoms with Crippen molar-refractivity contribution >= 4 is 39.8 Å². The summed E-state index contributed by atoms with van der Waals surface area (Å²) in [6, 6.07) is 9.53. The minimum absolute atomic E-state index is 0.0330. The Bertz CT molecular complexity index is 1120. The van der Waals surface area contributed by atoms with Gasteiger partial charge in [-0.1, -0.05) is 0 Å². The number of nitrogens with zero attached hydrogens (tertiary/aromatic N) is 5. The van der Waals surface area contributed by atoms with Crippen LogP contribution in [0.5, 0.6) is 0 Å². The highest BCUT2D eigenvalue weighted by Gasteiger charge is 2.17. The summed E-state index contributed by atoms with van der Waals surface area (Å²) >= 11 is 0. The van der Waals surface area contributed by atoms with Gasteiger partial charge in [0.05, 0.1) is 17.1 Å². The number of imidazole rings is 1. The summed E-state index contributed by atoms with van der Waals surface area (Å²) in [5, 5.41) is 13.4. The Labute approximate surface area is 148 Å². The van der Waals surface area contributed by atoms with E-state index in [0.717, 1.165) is 11.4 Å². The van der Waals surface area contributed by atoms with E-state index in [0.29, 0.717) is 22.5 Å². The molecule has 4 rings (SSSR count). The monoisotopic (exact) mass is 348 g/mol. The summed E-state index contributed by atoms with van der Waals surface area (Å²) in [7, 11) is 3.94. The van der Waals surface area contributed by atoms with Crippen LogP contribution >= 0.6 is 0 Å². The van der Waals surface area contributed by atoms with Crippen molar-refractivity contribution in [2.24, 2.45) is 0 Å². The predicted molar refractivity (Wildman–Crippen MR) is 99.3 cm³/mol. The van der Waals surface area contributed by atoms with Crippen molar-refractivity contribution in [2.45, 2.75) is 0 Å². The van der Waals surface area contributed by atoms with Gasteiger partial charge in [0.25, 0.3) is 0 Å². The molecular formula is C18H16N6O2. The van der Waals surface area contributed by atoms with Crippen LogP contribution in [-0.2, 0) is 0 Å². The van der Waals surface area contributed by atoms with Crippen molar-refractivity contribution in [3.8, 4) is 0 Å². The molecule has 0 saturated carbocycles. The zero-order valence-electron chi connectivity index (χ0n) is 14.2. The number of aromatic carboxylic acids is 1. The van der Waals surface area contributed by atoms with Crippen LogP contribution in [0.3, 0.4) is 0 Å². The molecular weight excluding hydrogens is 332 g/mol. The average molecular weight is 348 g/mol. The molecule has 0 aliphatic rings. The first-order valence-electron chi connectivity index (χ1n) is 7.93. The summed E-state index contributed by atoms with van der Waals surface area (Å²) < 4.78 is 1.49. The molecule has 0 fully saturated rings. The van der Waals surface area contributed by atoms with Crippen molar-refractivity contribution in [3.63, 3.8) is 0 Å². The molecule has 0 aliphatic carbocycles. The second-order valence-corrected chi connectivity index (χ2v) is 6.00. The average Bonchev–Trinajstić information content (AvgIpc) is 3.08. The van der Waals surface area contributed by atoms with E-state index < -0.39 is 5.97 Å². The van der Waals surface area contributed by atoms with E-state index in [1.807, 2.05) is 43.3 Å². The van der Waals surface area contributed by atoms with Gasteiger partial charge in [-0.25, -0.2) is 14.8 Å². The molecule has 0 bridgehead atoms. The first kappa shape index (κ1) is 15.8. The topological polar surface area (TPSA) is 95.6 Å². The molecule has 3 heterocycles. The van der Waals surface area contributed by atoms with Gasteiger partial charge in [-0.15, -0.1) is 0 Å². The van der Waals surface area contributed by atoms with Crippen LogP contribution in [0.25, 0.3) is 16.6 Å². The highest BCUT2D eigenvalue weighted by Crippen LogP contribution is 2.25. The smallest absolute Gasteiger partial charge is 0.354 e. The number of nitrogens with one attached hydrogen (secondary N) is 1. The molecule has 0 aliphatic heterocycles. The summed E-state index contributed by atoms with van der Waals surface area (Å²) in [6.07, 6.45) is 4.60. The van der Waals surface area contributed by atoms with Crippen LogP contribution < -0.4 is 10.2 Å². The number of hydrogen-bond acceptors (Lipinski definition) is 6. The molecule has 3 aromatic heterocycles. The van der Waals surface area contributed by atoms with Crippen LogP contribution in [0, 0.1) is 0 Å². The number of carboxylic acids is 1. The normalized spacial score (nSPS) is 11.0. The minimum Gasteiger partial charge on any atom is -0.477 e. The van der Waals surface area contributed by atoms with E-state index in [-0.39, 0.29) is 5.69 Å². The molecule has 0 unspecified atom stereocenters. The minimum atomic E-state index is -1.08. The number of pyridine rings is 1. The van der Waals surface area contributed by atoms with E-state index in [4.69, 9.17) is 0 Å². The van der Waals surface area contributed by atoms with Crippen LogP contribution in [0.1, 0.15) is 10.5 Å². The predicted octanol–water partition coefficient (Wildman–Crippen LogP) is 2.79. The standard InChI is InChI=1S/C18H16N6O2/c1-23(2)12-5-3-11(4-6-12)21-18-22-14-7-8-19-9-13(14)16-20-10-15(17(25)26)24(16)18/h3-10H,1-2H3,(H,21,22)(H,25,26). The Balaban J connectivity index is 1.89. The highest BCUT2D eigenvalue weighted by molar-refractivity contribution is 5.95. The van der Waals surface area contributed by atoms with Gasteiger partial charge in [0, 0.05) is 37.9 Å². The van der Waals surface area contributed by atoms with Gasteiger partial charge in [0.15, 0.2) is 11.3 Å². The first-order valence-corrected chi connectivity index (χ1v) is 7.93. The van der Waals surface area contributed by atoms with Crippen molar-refractivity contribution < 1.29 is 9.90 Å². The van der Waals surface area contributed by atoms with E-state index in [1.54, 1.807) is 18.5 Å². The number of fused-ring (bicyclic) bond motifs is 3. The van der Waals surface area contributed by atoms with Crippen molar-refractivity contribution in [1.82, 2.24) is 19.4 Å². The molecule has 0 radical (unpaired) electrons. The van der Waals surface area contributed by atoms with E-state index >= 15 is 0 Å². The molecule has 130 valence electrons. The lowest BCUT2D eigenvalue weighted by molar-refractivity contribution is 0.0689. The SMILES string of the molecule is CN(C)c1ccc(Nc2nc3ccncc3c3ncc(C(=O)O)n23)cc1. The molecule has 8 heteroatoms. The van der Waals surface area contributed by atoms with Crippen molar-refractivity contribution in [2.75, 3.05) is 24.3 Å². The van der Waals surface area contributed by atoms with Gasteiger partial charge in [0.1, 0.15) is 0 Å². The largest absolute Gasteiger partial charge is 0.477 e. The van der Waals surface area contributed by atoms with Crippen LogP contribution in [0.15, 0.2) is 48.9 Å². The molecule has 0 spiro atoms. The zero-order chi connectivity index (χ0) is 18.3. The Hall–Kier alpha value is -3.68. The Morgan fingerprint density at radius 1 is 1.15 bits per heavy atom. The fraction of sp³-hybridized carbons (Fsp3) is 0.111. The molecule has 2 N–H and O–H groups in total. The summed E-state index contributed by atoms with van der Waals surface area (Å²) in [5.74, 6) is -0.695. The van der Waals surface area contributed by atoms with Gasteiger partial charge in [0.2, 0.25) is 5.95 Å². The third-order valence-electron chi connectivity index (χ3n) is 4.10. The van der Waals surface area contributed by atoms with E-state index in [1.165, 1.54) is 10.6 Å². The number of carbonyl (C=O) groups is 1. The van der Waals surface area contributed by atoms with Gasteiger partial charge in [-0.2, -0.15) is 0 Å². The first-order chi connectivity index (χ1) is 12.5. The zero-order valence-corrected chi connectivity index (χ0v) is 14.2. The van der Waals surface area contributed by atoms with Crippen LogP contribution in [0.4, 0.5) is 17.3 Å². The number of carboxylic acid groups (broad SMARTS) is 1. The van der Waals surface area contributed by atoms with Gasteiger partial charge in [-0.3, -0.25) is 9.38 Å². The van der Waals surface area contributed by atoms with Crippen molar-refractivity contribution in [3.05, 3.63) is 54.6 Å². The Morgan fingerprint density at radius 2 is 1.92 bits per heavy atom. The van der Waals surface area contributed by atoms with Crippen LogP contribution in [-0.4, -0.2) is 44.5 Å². The maximum Gasteiger partial charge on any atom is 0.354 e.